The predicted octanol–water partition coefficient (Wildman–Crippen LogP) is 3.32. The van der Waals surface area contributed by atoms with Crippen LogP contribution in [0.15, 0.2) is 23.2 Å². The number of hydrogen-bond donors (Lipinski definition) is 1. The third-order valence-electron chi connectivity index (χ3n) is 5.73. The zero-order chi connectivity index (χ0) is 22.7. The Morgan fingerprint density at radius 2 is 2.00 bits per heavy atom. The number of nitrogens with zero attached hydrogens (tertiary/aromatic N) is 4. The molecule has 1 saturated carbocycles. The molecule has 33 heavy (non-hydrogen) atoms. The molecule has 1 aromatic carbocycles. The number of carbonyl (C=O) groups is 1. The maximum absolute atomic E-state index is 14.9. The van der Waals surface area contributed by atoms with Crippen molar-refractivity contribution in [2.75, 3.05) is 13.2 Å². The summed E-state index contributed by atoms with van der Waals surface area (Å²) in [6.45, 7) is 2.70. The number of carbonyl (C=O) groups excluding carboxylic acids is 1. The fraction of sp³-hybridized carbons (Fsp3) is 0.364. The van der Waals surface area contributed by atoms with E-state index in [1.54, 1.807) is 11.6 Å². The summed E-state index contributed by atoms with van der Waals surface area (Å²) in [5.74, 6) is -1.36. The van der Waals surface area contributed by atoms with Crippen molar-refractivity contribution in [3.8, 4) is 10.1 Å². The highest BCUT2D eigenvalue weighted by Gasteiger charge is 2.36. The van der Waals surface area contributed by atoms with Gasteiger partial charge in [-0.15, -0.1) is 5.10 Å². The summed E-state index contributed by atoms with van der Waals surface area (Å²) in [5.41, 5.74) is 1.04. The number of fused-ring (bicyclic) bond motifs is 5. The molecule has 0 unspecified atom stereocenters. The Hall–Kier alpha value is -3.18. The molecule has 0 saturated heterocycles. The van der Waals surface area contributed by atoms with Crippen LogP contribution in [0.3, 0.4) is 0 Å². The van der Waals surface area contributed by atoms with E-state index < -0.39 is 17.7 Å². The molecular formula is C22H19F2N5O3S. The van der Waals surface area contributed by atoms with Gasteiger partial charge in [-0.2, -0.15) is 0 Å². The lowest BCUT2D eigenvalue weighted by Crippen LogP contribution is -2.26. The maximum Gasteiger partial charge on any atom is 0.291 e. The van der Waals surface area contributed by atoms with Crippen molar-refractivity contribution in [3.05, 3.63) is 58.2 Å². The van der Waals surface area contributed by atoms with Gasteiger partial charge in [0.15, 0.2) is 10.9 Å². The van der Waals surface area contributed by atoms with E-state index in [1.807, 2.05) is 0 Å². The third kappa shape index (κ3) is 3.42. The molecule has 6 rings (SSSR count). The molecule has 3 aliphatic rings. The van der Waals surface area contributed by atoms with Gasteiger partial charge in [-0.25, -0.2) is 18.4 Å². The molecule has 1 fully saturated rings. The van der Waals surface area contributed by atoms with Crippen molar-refractivity contribution in [3.63, 3.8) is 0 Å². The van der Waals surface area contributed by atoms with E-state index in [1.165, 1.54) is 29.5 Å². The first kappa shape index (κ1) is 20.4. The minimum absolute atomic E-state index is 0.0335. The van der Waals surface area contributed by atoms with E-state index in [9.17, 15) is 13.6 Å². The van der Waals surface area contributed by atoms with Crippen LogP contribution in [0.25, 0.3) is 5.00 Å². The Labute approximate surface area is 191 Å². The average Bonchev–Trinajstić information content (AvgIpc) is 3.45. The highest BCUT2D eigenvalue weighted by Crippen LogP contribution is 2.44. The fourth-order valence-electron chi connectivity index (χ4n) is 3.99. The van der Waals surface area contributed by atoms with E-state index in [4.69, 9.17) is 9.47 Å². The molecule has 4 heterocycles. The van der Waals surface area contributed by atoms with Crippen molar-refractivity contribution < 1.29 is 23.0 Å². The second-order valence-corrected chi connectivity index (χ2v) is 9.11. The molecule has 1 N–H and O–H groups in total. The molecule has 8 nitrogen and oxygen atoms in total. The molecular weight excluding hydrogens is 452 g/mol. The number of ether oxygens (including phenoxy) is 2. The van der Waals surface area contributed by atoms with Crippen LogP contribution in [0.5, 0.6) is 5.06 Å². The minimum atomic E-state index is -0.723. The van der Waals surface area contributed by atoms with Gasteiger partial charge in [0.1, 0.15) is 29.3 Å². The topological polar surface area (TPSA) is 90.6 Å². The summed E-state index contributed by atoms with van der Waals surface area (Å²) in [5, 5.41) is 8.46. The van der Waals surface area contributed by atoms with Crippen molar-refractivity contribution in [2.24, 2.45) is 4.99 Å². The number of benzene rings is 1. The van der Waals surface area contributed by atoms with Gasteiger partial charge in [-0.05, 0) is 31.9 Å². The molecule has 1 aliphatic carbocycles. The minimum Gasteiger partial charge on any atom is -0.481 e. The highest BCUT2D eigenvalue weighted by atomic mass is 32.1. The number of aliphatic imine (C=N–C) groups is 1. The van der Waals surface area contributed by atoms with Crippen LogP contribution in [0.1, 0.15) is 58.9 Å². The molecule has 170 valence electrons. The van der Waals surface area contributed by atoms with Crippen molar-refractivity contribution in [2.45, 2.75) is 38.5 Å². The molecule has 0 bridgehead atoms. The summed E-state index contributed by atoms with van der Waals surface area (Å²) in [7, 11) is 0. The lowest BCUT2D eigenvalue weighted by Gasteiger charge is -2.12. The van der Waals surface area contributed by atoms with Gasteiger partial charge in [0.05, 0.1) is 24.5 Å². The first-order chi connectivity index (χ1) is 16.0. The van der Waals surface area contributed by atoms with Crippen LogP contribution in [-0.2, 0) is 11.3 Å². The number of halogens is 2. The quantitative estimate of drug-likeness (QED) is 0.633. The normalized spacial score (nSPS) is 19.4. The van der Waals surface area contributed by atoms with Crippen LogP contribution in [0.2, 0.25) is 0 Å². The number of aromatic nitrogens is 3. The number of hydrogen-bond acceptors (Lipinski definition) is 7. The third-order valence-corrected chi connectivity index (χ3v) is 6.85. The first-order valence-corrected chi connectivity index (χ1v) is 11.5. The predicted molar refractivity (Wildman–Crippen MR) is 115 cm³/mol. The van der Waals surface area contributed by atoms with Gasteiger partial charge in [0.25, 0.3) is 5.91 Å². The Balaban J connectivity index is 1.57. The first-order valence-electron chi connectivity index (χ1n) is 10.7. The van der Waals surface area contributed by atoms with Crippen LogP contribution in [0.4, 0.5) is 8.78 Å². The lowest BCUT2D eigenvalue weighted by molar-refractivity contribution is 0.0940. The molecule has 11 heteroatoms. The van der Waals surface area contributed by atoms with E-state index in [0.29, 0.717) is 40.2 Å². The van der Waals surface area contributed by atoms with Crippen molar-refractivity contribution >= 4 is 23.0 Å². The van der Waals surface area contributed by atoms with Crippen molar-refractivity contribution in [1.82, 2.24) is 20.1 Å². The Morgan fingerprint density at radius 1 is 1.21 bits per heavy atom. The van der Waals surface area contributed by atoms with Gasteiger partial charge in [0.2, 0.25) is 5.82 Å². The summed E-state index contributed by atoms with van der Waals surface area (Å²) in [6, 6.07) is 3.26. The largest absolute Gasteiger partial charge is 0.481 e. The van der Waals surface area contributed by atoms with Crippen LogP contribution >= 0.6 is 11.3 Å². The van der Waals surface area contributed by atoms with E-state index in [0.717, 1.165) is 12.8 Å². The molecule has 2 aliphatic heterocycles. The van der Waals surface area contributed by atoms with Crippen LogP contribution in [-0.4, -0.2) is 45.6 Å². The monoisotopic (exact) mass is 471 g/mol. The van der Waals surface area contributed by atoms with Gasteiger partial charge in [-0.3, -0.25) is 9.79 Å². The summed E-state index contributed by atoms with van der Waals surface area (Å²) in [4.78, 5) is 21.7. The van der Waals surface area contributed by atoms with Gasteiger partial charge in [0, 0.05) is 17.2 Å². The summed E-state index contributed by atoms with van der Waals surface area (Å²) < 4.78 is 42.8. The summed E-state index contributed by atoms with van der Waals surface area (Å²) >= 11 is 1.27. The molecule has 0 radical (unpaired) electrons. The molecule has 1 atom stereocenters. The molecule has 0 spiro atoms. The number of rotatable bonds is 3. The lowest BCUT2D eigenvalue weighted by atomic mass is 9.99. The smallest absolute Gasteiger partial charge is 0.291 e. The number of thiophene rings is 1. The SMILES string of the molecule is C[C@@H]1N=C(c2c(F)cccc2F)c2c(sc3c2COCCO3)-n2nc(C(=O)NC3CC3)nc21. The Kier molecular flexibility index (Phi) is 4.77. The standard InChI is InChI=1S/C22H19F2N5O3S/c1-10-19-27-18(20(30)26-11-5-6-11)28-29(19)21-15(12-9-31-7-8-32-22(12)33-21)17(25-10)16-13(23)3-2-4-14(16)24/h2-4,10-11H,5-9H2,1H3,(H,26,30)/t10-/m0/s1. The molecule has 1 amide bonds. The summed E-state index contributed by atoms with van der Waals surface area (Å²) in [6.07, 6.45) is 1.88. The second-order valence-electron chi connectivity index (χ2n) is 8.15. The zero-order valence-electron chi connectivity index (χ0n) is 17.6. The van der Waals surface area contributed by atoms with E-state index in [-0.39, 0.29) is 35.7 Å². The Bertz CT molecular complexity index is 1290. The zero-order valence-corrected chi connectivity index (χ0v) is 18.4. The maximum atomic E-state index is 14.9. The average molecular weight is 471 g/mol. The van der Waals surface area contributed by atoms with Crippen LogP contribution in [0, 0.1) is 11.6 Å². The highest BCUT2D eigenvalue weighted by molar-refractivity contribution is 7.17. The molecule has 3 aromatic rings. The fourth-order valence-corrected chi connectivity index (χ4v) is 5.13. The van der Waals surface area contributed by atoms with E-state index >= 15 is 0 Å². The Morgan fingerprint density at radius 3 is 2.76 bits per heavy atom. The molecule has 2 aromatic heterocycles. The van der Waals surface area contributed by atoms with Crippen molar-refractivity contribution in [1.29, 1.82) is 0 Å². The number of amides is 1. The van der Waals surface area contributed by atoms with Gasteiger partial charge < -0.3 is 14.8 Å². The number of nitrogens with one attached hydrogen (secondary N) is 1. The van der Waals surface area contributed by atoms with E-state index in [2.05, 4.69) is 20.4 Å². The van der Waals surface area contributed by atoms with Gasteiger partial charge in [-0.1, -0.05) is 17.4 Å². The van der Waals surface area contributed by atoms with Gasteiger partial charge >= 0.3 is 0 Å². The second kappa shape index (κ2) is 7.70. The van der Waals surface area contributed by atoms with Crippen LogP contribution < -0.4 is 10.1 Å².